The number of hydrogen-bond donors (Lipinski definition) is 1. The summed E-state index contributed by atoms with van der Waals surface area (Å²) in [6, 6.07) is 15.0. The molecule has 1 atom stereocenters. The summed E-state index contributed by atoms with van der Waals surface area (Å²) in [5, 5.41) is 10.9. The molecule has 1 amide bonds. The van der Waals surface area contributed by atoms with Crippen LogP contribution in [0.1, 0.15) is 24.1 Å². The maximum Gasteiger partial charge on any atom is 0.295 e. The van der Waals surface area contributed by atoms with E-state index in [0.29, 0.717) is 23.5 Å². The highest BCUT2D eigenvalue weighted by Gasteiger charge is 2.46. The summed E-state index contributed by atoms with van der Waals surface area (Å²) in [6.07, 6.45) is -0.717. The van der Waals surface area contributed by atoms with Gasteiger partial charge in [-0.05, 0) is 24.6 Å². The Morgan fingerprint density at radius 1 is 1.03 bits per heavy atom. The molecule has 1 N–H and O–H groups in total. The van der Waals surface area contributed by atoms with E-state index in [1.807, 2.05) is 6.92 Å². The first-order valence-corrected chi connectivity index (χ1v) is 9.64. The molecule has 7 heteroatoms. The van der Waals surface area contributed by atoms with Crippen molar-refractivity contribution in [1.82, 2.24) is 4.90 Å². The maximum absolute atomic E-state index is 12.9. The Hall–Kier alpha value is -3.16. The van der Waals surface area contributed by atoms with E-state index in [9.17, 15) is 14.7 Å². The lowest BCUT2D eigenvalue weighted by atomic mass is 9.95. The van der Waals surface area contributed by atoms with E-state index in [0.717, 1.165) is 0 Å². The van der Waals surface area contributed by atoms with Gasteiger partial charge in [0.15, 0.2) is 6.29 Å². The number of ketones is 1. The Labute approximate surface area is 175 Å². The fraction of sp³-hybridized carbons (Fsp3) is 0.304. The fourth-order valence-electron chi connectivity index (χ4n) is 3.49. The van der Waals surface area contributed by atoms with Crippen LogP contribution in [0.3, 0.4) is 0 Å². The average molecular weight is 411 g/mol. The summed E-state index contributed by atoms with van der Waals surface area (Å²) < 4.78 is 16.0. The first-order chi connectivity index (χ1) is 14.5. The summed E-state index contributed by atoms with van der Waals surface area (Å²) in [6.45, 7) is 2.44. The van der Waals surface area contributed by atoms with Crippen LogP contribution in [-0.2, 0) is 19.1 Å². The summed E-state index contributed by atoms with van der Waals surface area (Å²) in [4.78, 5) is 27.2. The Kier molecular flexibility index (Phi) is 6.87. The Balaban J connectivity index is 2.11. The lowest BCUT2D eigenvalue weighted by Crippen LogP contribution is -2.38. The van der Waals surface area contributed by atoms with Gasteiger partial charge in [-0.15, -0.1) is 0 Å². The lowest BCUT2D eigenvalue weighted by molar-refractivity contribution is -0.149. The molecule has 1 heterocycles. The number of aliphatic hydroxyl groups excluding tert-OH is 1. The van der Waals surface area contributed by atoms with Gasteiger partial charge < -0.3 is 24.2 Å². The quantitative estimate of drug-likeness (QED) is 0.311. The molecule has 0 aliphatic carbocycles. The highest BCUT2D eigenvalue weighted by Crippen LogP contribution is 2.40. The van der Waals surface area contributed by atoms with Gasteiger partial charge in [-0.2, -0.15) is 0 Å². The van der Waals surface area contributed by atoms with Crippen LogP contribution in [0.25, 0.3) is 5.76 Å². The Morgan fingerprint density at radius 3 is 2.23 bits per heavy atom. The van der Waals surface area contributed by atoms with E-state index in [1.165, 1.54) is 19.1 Å². The number of likely N-dealkylation sites (tertiary alicyclic amines) is 1. The molecule has 3 rings (SSSR count). The van der Waals surface area contributed by atoms with E-state index < -0.39 is 24.0 Å². The van der Waals surface area contributed by atoms with Crippen molar-refractivity contribution in [2.75, 3.05) is 27.4 Å². The predicted molar refractivity (Wildman–Crippen MR) is 111 cm³/mol. The summed E-state index contributed by atoms with van der Waals surface area (Å²) >= 11 is 0. The standard InChI is InChI=1S/C23H25NO6/c1-4-30-17-12-10-15(11-13-17)20-19(21(25)16-8-6-5-7-9-16)22(26)23(27)24(20)14-18(28-2)29-3/h5-13,18,20,25H,4,14H2,1-3H3/t20-/m1/s1. The first kappa shape index (κ1) is 21.5. The van der Waals surface area contributed by atoms with Crippen LogP contribution in [-0.4, -0.2) is 55.4 Å². The van der Waals surface area contributed by atoms with Crippen molar-refractivity contribution in [1.29, 1.82) is 0 Å². The van der Waals surface area contributed by atoms with Crippen molar-refractivity contribution in [3.63, 3.8) is 0 Å². The monoisotopic (exact) mass is 411 g/mol. The Bertz CT molecular complexity index is 918. The van der Waals surface area contributed by atoms with E-state index in [1.54, 1.807) is 54.6 Å². The van der Waals surface area contributed by atoms with Crippen LogP contribution >= 0.6 is 0 Å². The highest BCUT2D eigenvalue weighted by atomic mass is 16.7. The molecule has 0 unspecified atom stereocenters. The molecule has 0 radical (unpaired) electrons. The van der Waals surface area contributed by atoms with Crippen molar-refractivity contribution < 1.29 is 28.9 Å². The SMILES string of the molecule is CCOc1ccc([C@@H]2C(=C(O)c3ccccc3)C(=O)C(=O)N2CC(OC)OC)cc1. The third-order valence-electron chi connectivity index (χ3n) is 4.97. The van der Waals surface area contributed by atoms with Crippen molar-refractivity contribution in [3.05, 3.63) is 71.3 Å². The molecular formula is C23H25NO6. The molecule has 2 aromatic rings. The summed E-state index contributed by atoms with van der Waals surface area (Å²) in [5.74, 6) is -1.01. The van der Waals surface area contributed by atoms with Gasteiger partial charge in [-0.3, -0.25) is 9.59 Å². The summed E-state index contributed by atoms with van der Waals surface area (Å²) in [5.41, 5.74) is 1.16. The number of rotatable bonds is 8. The van der Waals surface area contributed by atoms with Crippen molar-refractivity contribution in [3.8, 4) is 5.75 Å². The number of methoxy groups -OCH3 is 2. The van der Waals surface area contributed by atoms with Crippen LogP contribution < -0.4 is 4.74 Å². The number of carbonyl (C=O) groups excluding carboxylic acids is 2. The van der Waals surface area contributed by atoms with Gasteiger partial charge in [-0.25, -0.2) is 0 Å². The zero-order chi connectivity index (χ0) is 21.7. The van der Waals surface area contributed by atoms with Gasteiger partial charge in [0.25, 0.3) is 11.7 Å². The number of Topliss-reactive ketones (excluding diaryl/α,β-unsaturated/α-hetero) is 1. The van der Waals surface area contributed by atoms with Gasteiger partial charge in [-0.1, -0.05) is 42.5 Å². The zero-order valence-corrected chi connectivity index (χ0v) is 17.2. The van der Waals surface area contributed by atoms with Gasteiger partial charge in [0.2, 0.25) is 0 Å². The van der Waals surface area contributed by atoms with Crippen LogP contribution in [0.2, 0.25) is 0 Å². The second kappa shape index (κ2) is 9.56. The highest BCUT2D eigenvalue weighted by molar-refractivity contribution is 6.46. The number of nitrogens with zero attached hydrogens (tertiary/aromatic N) is 1. The molecule has 1 saturated heterocycles. The number of carbonyl (C=O) groups is 2. The summed E-state index contributed by atoms with van der Waals surface area (Å²) in [7, 11) is 2.92. The number of benzene rings is 2. The van der Waals surface area contributed by atoms with E-state index in [4.69, 9.17) is 14.2 Å². The van der Waals surface area contributed by atoms with Gasteiger partial charge in [0.1, 0.15) is 11.5 Å². The minimum Gasteiger partial charge on any atom is -0.507 e. The predicted octanol–water partition coefficient (Wildman–Crippen LogP) is 3.13. The van der Waals surface area contributed by atoms with Crippen molar-refractivity contribution >= 4 is 17.4 Å². The second-order valence-corrected chi connectivity index (χ2v) is 6.72. The minimum absolute atomic E-state index is 0.0288. The number of hydrogen-bond acceptors (Lipinski definition) is 6. The number of amides is 1. The van der Waals surface area contributed by atoms with Crippen molar-refractivity contribution in [2.24, 2.45) is 0 Å². The molecule has 7 nitrogen and oxygen atoms in total. The van der Waals surface area contributed by atoms with Gasteiger partial charge >= 0.3 is 0 Å². The van der Waals surface area contributed by atoms with Crippen molar-refractivity contribution in [2.45, 2.75) is 19.3 Å². The van der Waals surface area contributed by atoms with E-state index in [-0.39, 0.29) is 17.9 Å². The smallest absolute Gasteiger partial charge is 0.295 e. The maximum atomic E-state index is 12.9. The van der Waals surface area contributed by atoms with Gasteiger partial charge in [0.05, 0.1) is 24.8 Å². The molecule has 1 fully saturated rings. The third kappa shape index (κ3) is 4.22. The second-order valence-electron chi connectivity index (χ2n) is 6.72. The molecular weight excluding hydrogens is 386 g/mol. The van der Waals surface area contributed by atoms with Crippen LogP contribution in [0, 0.1) is 0 Å². The molecule has 0 aromatic heterocycles. The first-order valence-electron chi connectivity index (χ1n) is 9.64. The molecule has 0 spiro atoms. The van der Waals surface area contributed by atoms with E-state index in [2.05, 4.69) is 0 Å². The van der Waals surface area contributed by atoms with Gasteiger partial charge in [0, 0.05) is 19.8 Å². The third-order valence-corrected chi connectivity index (χ3v) is 4.97. The number of ether oxygens (including phenoxy) is 3. The minimum atomic E-state index is -0.784. The molecule has 30 heavy (non-hydrogen) atoms. The largest absolute Gasteiger partial charge is 0.507 e. The molecule has 1 aliphatic heterocycles. The molecule has 2 aromatic carbocycles. The molecule has 158 valence electrons. The topological polar surface area (TPSA) is 85.3 Å². The van der Waals surface area contributed by atoms with E-state index >= 15 is 0 Å². The Morgan fingerprint density at radius 2 is 1.67 bits per heavy atom. The molecule has 1 aliphatic rings. The molecule has 0 saturated carbocycles. The average Bonchev–Trinajstić information content (AvgIpc) is 3.03. The number of aliphatic hydroxyl groups is 1. The molecule has 0 bridgehead atoms. The van der Waals surface area contributed by atoms with Crippen LogP contribution in [0.4, 0.5) is 0 Å². The fourth-order valence-corrected chi connectivity index (χ4v) is 3.49. The van der Waals surface area contributed by atoms with Crippen LogP contribution in [0.15, 0.2) is 60.2 Å². The van der Waals surface area contributed by atoms with Crippen LogP contribution in [0.5, 0.6) is 5.75 Å². The normalized spacial score (nSPS) is 18.3. The lowest BCUT2D eigenvalue weighted by Gasteiger charge is -2.28. The zero-order valence-electron chi connectivity index (χ0n) is 17.2.